The molecular formula is C7H12N2OS. The molecule has 0 unspecified atom stereocenters. The summed E-state index contributed by atoms with van der Waals surface area (Å²) in [6.45, 7) is 5.72. The molecule has 3 nitrogen and oxygen atoms in total. The second-order valence-electron chi connectivity index (χ2n) is 1.66. The predicted molar refractivity (Wildman–Crippen MR) is 48.6 cm³/mol. The van der Waals surface area contributed by atoms with Crippen molar-refractivity contribution in [3.8, 4) is 0 Å². The van der Waals surface area contributed by atoms with Crippen molar-refractivity contribution in [3.63, 3.8) is 0 Å². The van der Waals surface area contributed by atoms with Crippen LogP contribution in [0.3, 0.4) is 0 Å². The predicted octanol–water partition coefficient (Wildman–Crippen LogP) is 2.39. The normalized spacial score (nSPS) is 12.4. The van der Waals surface area contributed by atoms with Crippen LogP contribution in [-0.2, 0) is 4.74 Å². The molecule has 0 aliphatic rings. The Morgan fingerprint density at radius 1 is 1.73 bits per heavy atom. The van der Waals surface area contributed by atoms with Crippen molar-refractivity contribution in [1.82, 2.24) is 0 Å². The maximum absolute atomic E-state index is 4.99. The van der Waals surface area contributed by atoms with Gasteiger partial charge in [0, 0.05) is 6.20 Å². The van der Waals surface area contributed by atoms with Crippen molar-refractivity contribution in [3.05, 3.63) is 24.6 Å². The molecule has 0 aliphatic carbocycles. The Morgan fingerprint density at radius 3 is 2.91 bits per heavy atom. The summed E-state index contributed by atoms with van der Waals surface area (Å²) < 4.78 is 4.99. The van der Waals surface area contributed by atoms with E-state index in [-0.39, 0.29) is 0 Å². The molecule has 0 radical (unpaired) electrons. The summed E-state index contributed by atoms with van der Waals surface area (Å²) in [5, 5.41) is 7.42. The van der Waals surface area contributed by atoms with Crippen LogP contribution in [0.1, 0.15) is 6.92 Å². The molecule has 0 aromatic carbocycles. The molecule has 0 atom stereocenters. The summed E-state index contributed by atoms with van der Waals surface area (Å²) in [6.07, 6.45) is 3.21. The second-order valence-corrected chi connectivity index (χ2v) is 1.91. The first kappa shape index (κ1) is 10.4. The van der Waals surface area contributed by atoms with Gasteiger partial charge in [0.25, 0.3) is 0 Å². The molecular weight excluding hydrogens is 160 g/mol. The third-order valence-corrected chi connectivity index (χ3v) is 1.12. The van der Waals surface area contributed by atoms with Gasteiger partial charge in [-0.15, -0.1) is 0 Å². The molecule has 0 rings (SSSR count). The fraction of sp³-hybridized carbons (Fsp3) is 0.429. The van der Waals surface area contributed by atoms with Crippen LogP contribution in [0.15, 0.2) is 34.8 Å². The van der Waals surface area contributed by atoms with E-state index in [2.05, 4.69) is 29.4 Å². The molecule has 0 aromatic heterocycles. The van der Waals surface area contributed by atoms with Gasteiger partial charge in [0.2, 0.25) is 0 Å². The maximum atomic E-state index is 4.99. The maximum Gasteiger partial charge on any atom is 0.0914 e. The molecule has 11 heavy (non-hydrogen) atoms. The second kappa shape index (κ2) is 7.50. The van der Waals surface area contributed by atoms with Crippen LogP contribution in [0.2, 0.25) is 0 Å². The SMILES string of the molecule is C=CN=N/C(=C\C)COCS. The Hall–Kier alpha value is -0.610. The average molecular weight is 172 g/mol. The molecule has 0 N–H and O–H groups in total. The molecule has 0 spiro atoms. The molecule has 4 heteroatoms. The zero-order valence-electron chi connectivity index (χ0n) is 6.53. The molecule has 62 valence electrons. The number of hydrogen-bond donors (Lipinski definition) is 1. The van der Waals surface area contributed by atoms with Crippen LogP contribution in [0.4, 0.5) is 0 Å². The van der Waals surface area contributed by atoms with E-state index < -0.39 is 0 Å². The van der Waals surface area contributed by atoms with E-state index in [0.717, 1.165) is 5.70 Å². The van der Waals surface area contributed by atoms with Crippen LogP contribution in [0.25, 0.3) is 0 Å². The summed E-state index contributed by atoms with van der Waals surface area (Å²) in [6, 6.07) is 0. The smallest absolute Gasteiger partial charge is 0.0914 e. The minimum atomic E-state index is 0.390. The fourth-order valence-corrected chi connectivity index (χ4v) is 0.526. The summed E-state index contributed by atoms with van der Waals surface area (Å²) in [5.74, 6) is 0.390. The highest BCUT2D eigenvalue weighted by molar-refractivity contribution is 7.80. The van der Waals surface area contributed by atoms with Crippen molar-refractivity contribution >= 4 is 12.6 Å². The average Bonchev–Trinajstić information content (AvgIpc) is 2.05. The topological polar surface area (TPSA) is 34.0 Å². The van der Waals surface area contributed by atoms with Gasteiger partial charge in [-0.05, 0) is 6.92 Å². The first-order chi connectivity index (χ1) is 5.35. The van der Waals surface area contributed by atoms with Crippen molar-refractivity contribution in [1.29, 1.82) is 0 Å². The Kier molecular flexibility index (Phi) is 7.08. The van der Waals surface area contributed by atoms with Gasteiger partial charge in [-0.1, -0.05) is 12.7 Å². The van der Waals surface area contributed by atoms with Crippen LogP contribution in [0, 0.1) is 0 Å². The van der Waals surface area contributed by atoms with Crippen LogP contribution < -0.4 is 0 Å². The van der Waals surface area contributed by atoms with Crippen LogP contribution in [0.5, 0.6) is 0 Å². The van der Waals surface area contributed by atoms with Gasteiger partial charge in [-0.2, -0.15) is 22.9 Å². The Balaban J connectivity index is 3.77. The summed E-state index contributed by atoms with van der Waals surface area (Å²) >= 11 is 3.88. The van der Waals surface area contributed by atoms with Crippen molar-refractivity contribution in [2.24, 2.45) is 10.2 Å². The summed E-state index contributed by atoms with van der Waals surface area (Å²) in [4.78, 5) is 0. The summed E-state index contributed by atoms with van der Waals surface area (Å²) in [5.41, 5.74) is 0.777. The van der Waals surface area contributed by atoms with E-state index in [4.69, 9.17) is 4.74 Å². The third-order valence-electron chi connectivity index (χ3n) is 0.942. The number of hydrogen-bond acceptors (Lipinski definition) is 4. The van der Waals surface area contributed by atoms with Gasteiger partial charge in [0.05, 0.1) is 18.2 Å². The van der Waals surface area contributed by atoms with Gasteiger partial charge >= 0.3 is 0 Å². The lowest BCUT2D eigenvalue weighted by molar-refractivity contribution is 0.208. The molecule has 0 fully saturated rings. The molecule has 0 saturated carbocycles. The lowest BCUT2D eigenvalue weighted by Crippen LogP contribution is -1.93. The van der Waals surface area contributed by atoms with Crippen LogP contribution in [-0.4, -0.2) is 12.5 Å². The number of nitrogens with zero attached hydrogens (tertiary/aromatic N) is 2. The Morgan fingerprint density at radius 2 is 2.45 bits per heavy atom. The molecule has 0 heterocycles. The Labute approximate surface area is 72.3 Å². The first-order valence-corrected chi connectivity index (χ1v) is 3.84. The standard InChI is InChI=1S/C7H12N2OS/c1-3-7(5-10-6-11)9-8-4-2/h3-4,11H,2,5-6H2,1H3/b7-3-,9-8?. The first-order valence-electron chi connectivity index (χ1n) is 3.20. The van der Waals surface area contributed by atoms with E-state index in [0.29, 0.717) is 12.5 Å². The van der Waals surface area contributed by atoms with E-state index in [1.54, 1.807) is 0 Å². The van der Waals surface area contributed by atoms with Gasteiger partial charge in [-0.25, -0.2) is 0 Å². The highest BCUT2D eigenvalue weighted by atomic mass is 32.1. The number of thiol groups is 1. The van der Waals surface area contributed by atoms with Crippen molar-refractivity contribution in [2.45, 2.75) is 6.92 Å². The van der Waals surface area contributed by atoms with Gasteiger partial charge in [-0.3, -0.25) is 0 Å². The van der Waals surface area contributed by atoms with E-state index in [1.807, 2.05) is 13.0 Å². The number of allylic oxidation sites excluding steroid dienone is 1. The van der Waals surface area contributed by atoms with Gasteiger partial charge < -0.3 is 4.74 Å². The minimum Gasteiger partial charge on any atom is -0.365 e. The third kappa shape index (κ3) is 5.82. The highest BCUT2D eigenvalue weighted by Crippen LogP contribution is 1.98. The zero-order valence-corrected chi connectivity index (χ0v) is 7.42. The van der Waals surface area contributed by atoms with Crippen molar-refractivity contribution < 1.29 is 4.74 Å². The lowest BCUT2D eigenvalue weighted by Gasteiger charge is -1.97. The zero-order chi connectivity index (χ0) is 8.53. The molecule has 0 saturated heterocycles. The quantitative estimate of drug-likeness (QED) is 0.385. The number of azo groups is 1. The lowest BCUT2D eigenvalue weighted by atomic mass is 10.4. The number of ether oxygens (including phenoxy) is 1. The van der Waals surface area contributed by atoms with E-state index >= 15 is 0 Å². The monoisotopic (exact) mass is 172 g/mol. The number of rotatable bonds is 5. The van der Waals surface area contributed by atoms with E-state index in [1.165, 1.54) is 6.20 Å². The van der Waals surface area contributed by atoms with Crippen molar-refractivity contribution in [2.75, 3.05) is 12.5 Å². The van der Waals surface area contributed by atoms with E-state index in [9.17, 15) is 0 Å². The fourth-order valence-electron chi connectivity index (χ4n) is 0.435. The summed E-state index contributed by atoms with van der Waals surface area (Å²) in [7, 11) is 0. The van der Waals surface area contributed by atoms with Gasteiger partial charge in [0.15, 0.2) is 0 Å². The Bertz CT molecular complexity index is 166. The van der Waals surface area contributed by atoms with Gasteiger partial charge in [0.1, 0.15) is 0 Å². The molecule has 0 aromatic rings. The minimum absolute atomic E-state index is 0.390. The largest absolute Gasteiger partial charge is 0.365 e. The molecule has 0 amide bonds. The molecule has 0 bridgehead atoms. The molecule has 0 aliphatic heterocycles. The highest BCUT2D eigenvalue weighted by Gasteiger charge is 1.90. The van der Waals surface area contributed by atoms with Crippen LogP contribution >= 0.6 is 12.6 Å².